The number of amides is 1. The molecule has 4 aliphatic rings. The first kappa shape index (κ1) is 30.7. The van der Waals surface area contributed by atoms with Crippen LogP contribution in [0.4, 0.5) is 11.5 Å². The van der Waals surface area contributed by atoms with Gasteiger partial charge in [0.05, 0.1) is 41.3 Å². The van der Waals surface area contributed by atoms with E-state index in [1.165, 1.54) is 6.08 Å². The van der Waals surface area contributed by atoms with Crippen LogP contribution in [0.5, 0.6) is 6.01 Å². The van der Waals surface area contributed by atoms with Crippen molar-refractivity contribution in [3.8, 4) is 12.1 Å². The van der Waals surface area contributed by atoms with Crippen molar-refractivity contribution in [1.29, 1.82) is 5.26 Å². The van der Waals surface area contributed by atoms with E-state index in [0.717, 1.165) is 90.5 Å². The van der Waals surface area contributed by atoms with Gasteiger partial charge in [-0.15, -0.1) is 0 Å². The van der Waals surface area contributed by atoms with Gasteiger partial charge in [0, 0.05) is 69.0 Å². The van der Waals surface area contributed by atoms with Crippen LogP contribution in [0.1, 0.15) is 30.5 Å². The van der Waals surface area contributed by atoms with Crippen LogP contribution >= 0.6 is 11.6 Å². The zero-order valence-electron chi connectivity index (χ0n) is 26.5. The SMILES string of the molecule is C=CC(=O)N1CCN(c2nc(OCC3(N4CCN(C)CC4)CC3)nc3c2CCN(c2cccc4cccc(Cl)c24)C3)C[C@@H]1CC#N. The monoisotopic (exact) mass is 640 g/mol. The van der Waals surface area contributed by atoms with Crippen LogP contribution in [0.2, 0.25) is 5.02 Å². The van der Waals surface area contributed by atoms with E-state index < -0.39 is 0 Å². The molecule has 10 nitrogen and oxygen atoms in total. The fourth-order valence-electron chi connectivity index (χ4n) is 7.37. The zero-order valence-corrected chi connectivity index (χ0v) is 27.3. The number of benzene rings is 2. The fourth-order valence-corrected chi connectivity index (χ4v) is 7.65. The van der Waals surface area contributed by atoms with Gasteiger partial charge in [-0.25, -0.2) is 0 Å². The van der Waals surface area contributed by atoms with Crippen molar-refractivity contribution >= 4 is 39.8 Å². The molecule has 1 saturated carbocycles. The highest BCUT2D eigenvalue weighted by Gasteiger charge is 2.49. The zero-order chi connectivity index (χ0) is 31.8. The molecule has 7 rings (SSSR count). The first-order valence-corrected chi connectivity index (χ1v) is 16.7. The molecule has 1 atom stereocenters. The summed E-state index contributed by atoms with van der Waals surface area (Å²) in [6.45, 7) is 11.5. The maximum atomic E-state index is 12.6. The average Bonchev–Trinajstić information content (AvgIpc) is 3.88. The lowest BCUT2D eigenvalue weighted by Crippen LogP contribution is -2.55. The van der Waals surface area contributed by atoms with Gasteiger partial charge in [-0.05, 0) is 49.9 Å². The van der Waals surface area contributed by atoms with Crippen LogP contribution in [0.3, 0.4) is 0 Å². The van der Waals surface area contributed by atoms with E-state index in [2.05, 4.69) is 63.6 Å². The Hall–Kier alpha value is -3.91. The highest BCUT2D eigenvalue weighted by molar-refractivity contribution is 6.36. The molecule has 240 valence electrons. The lowest BCUT2D eigenvalue weighted by Gasteiger charge is -2.42. The van der Waals surface area contributed by atoms with E-state index in [0.29, 0.717) is 38.8 Å². The smallest absolute Gasteiger partial charge is 0.318 e. The lowest BCUT2D eigenvalue weighted by atomic mass is 10.0. The molecular weight excluding hydrogens is 600 g/mol. The van der Waals surface area contributed by atoms with Gasteiger partial charge < -0.3 is 24.3 Å². The molecule has 0 spiro atoms. The summed E-state index contributed by atoms with van der Waals surface area (Å²) >= 11 is 6.74. The fraction of sp³-hybridized carbons (Fsp3) is 0.486. The third-order valence-electron chi connectivity index (χ3n) is 10.2. The number of hydrogen-bond acceptors (Lipinski definition) is 9. The number of carbonyl (C=O) groups is 1. The number of fused-ring (bicyclic) bond motifs is 2. The van der Waals surface area contributed by atoms with Crippen LogP contribution < -0.4 is 14.5 Å². The molecule has 0 N–H and O–H groups in total. The Morgan fingerprint density at radius 3 is 2.61 bits per heavy atom. The van der Waals surface area contributed by atoms with Crippen LogP contribution in [0.15, 0.2) is 49.1 Å². The molecule has 0 unspecified atom stereocenters. The second-order valence-electron chi connectivity index (χ2n) is 13.0. The molecule has 1 aromatic heterocycles. The quantitative estimate of drug-likeness (QED) is 0.337. The number of nitrogens with zero attached hydrogens (tertiary/aromatic N) is 8. The molecule has 1 aliphatic carbocycles. The summed E-state index contributed by atoms with van der Waals surface area (Å²) in [7, 11) is 2.18. The number of aromatic nitrogens is 2. The highest BCUT2D eigenvalue weighted by Crippen LogP contribution is 2.43. The molecular formula is C35H41ClN8O2. The van der Waals surface area contributed by atoms with E-state index in [1.54, 1.807) is 4.90 Å². The van der Waals surface area contributed by atoms with Gasteiger partial charge in [-0.2, -0.15) is 15.2 Å². The van der Waals surface area contributed by atoms with E-state index in [9.17, 15) is 10.1 Å². The number of ether oxygens (including phenoxy) is 1. The topological polar surface area (TPSA) is 92.1 Å². The molecule has 3 aliphatic heterocycles. The largest absolute Gasteiger partial charge is 0.461 e. The highest BCUT2D eigenvalue weighted by atomic mass is 35.5. The molecule has 4 heterocycles. The van der Waals surface area contributed by atoms with Crippen LogP contribution in [-0.2, 0) is 17.8 Å². The van der Waals surface area contributed by atoms with Crippen molar-refractivity contribution in [2.24, 2.45) is 0 Å². The van der Waals surface area contributed by atoms with Crippen molar-refractivity contribution in [2.75, 3.05) is 75.8 Å². The van der Waals surface area contributed by atoms with Crippen molar-refractivity contribution in [1.82, 2.24) is 24.7 Å². The van der Waals surface area contributed by atoms with Crippen molar-refractivity contribution in [3.05, 3.63) is 65.3 Å². The number of rotatable bonds is 8. The van der Waals surface area contributed by atoms with E-state index in [1.807, 2.05) is 12.1 Å². The minimum Gasteiger partial charge on any atom is -0.461 e. The summed E-state index contributed by atoms with van der Waals surface area (Å²) in [5, 5.41) is 12.5. The first-order chi connectivity index (χ1) is 22.4. The van der Waals surface area contributed by atoms with Gasteiger partial charge in [0.15, 0.2) is 0 Å². The number of hydrogen-bond donors (Lipinski definition) is 0. The van der Waals surface area contributed by atoms with E-state index >= 15 is 0 Å². The van der Waals surface area contributed by atoms with Gasteiger partial charge in [-0.1, -0.05) is 42.4 Å². The van der Waals surface area contributed by atoms with Gasteiger partial charge in [-0.3, -0.25) is 9.69 Å². The third-order valence-corrected chi connectivity index (χ3v) is 10.5. The van der Waals surface area contributed by atoms with Gasteiger partial charge in [0.2, 0.25) is 5.91 Å². The molecule has 1 amide bonds. The molecule has 2 saturated heterocycles. The number of anilines is 2. The molecule has 0 radical (unpaired) electrons. The standard InChI is InChI=1S/C35H41ClN8O2/c1-3-31(45)44-21-18-42(22-26(44)10-14-37)33-27-11-15-41(30-9-5-7-25-6-4-8-28(36)32(25)30)23-29(27)38-34(39-33)46-24-35(12-13-35)43-19-16-40(2)17-20-43/h3-9,26H,1,10-13,15-24H2,2H3/t26-/m0/s1. The molecule has 3 aromatic rings. The number of carbonyl (C=O) groups excluding carboxylic acids is 1. The van der Waals surface area contributed by atoms with Gasteiger partial charge >= 0.3 is 6.01 Å². The first-order valence-electron chi connectivity index (χ1n) is 16.3. The molecule has 0 bridgehead atoms. The number of halogens is 1. The van der Waals surface area contributed by atoms with E-state index in [-0.39, 0.29) is 23.9 Å². The van der Waals surface area contributed by atoms with Gasteiger partial charge in [0.25, 0.3) is 0 Å². The second-order valence-corrected chi connectivity index (χ2v) is 13.5. The number of nitriles is 1. The van der Waals surface area contributed by atoms with Crippen molar-refractivity contribution < 1.29 is 9.53 Å². The van der Waals surface area contributed by atoms with Crippen LogP contribution in [0, 0.1) is 11.3 Å². The Balaban J connectivity index is 1.20. The minimum atomic E-state index is -0.246. The van der Waals surface area contributed by atoms with Crippen molar-refractivity contribution in [2.45, 2.75) is 43.8 Å². The Bertz CT molecular complexity index is 1670. The Labute approximate surface area is 275 Å². The third kappa shape index (κ3) is 5.88. The molecule has 46 heavy (non-hydrogen) atoms. The van der Waals surface area contributed by atoms with Crippen LogP contribution in [0.25, 0.3) is 10.8 Å². The molecule has 3 fully saturated rings. The lowest BCUT2D eigenvalue weighted by molar-refractivity contribution is -0.128. The number of likely N-dealkylation sites (N-methyl/N-ethyl adjacent to an activating group) is 1. The predicted molar refractivity (Wildman–Crippen MR) is 180 cm³/mol. The van der Waals surface area contributed by atoms with Gasteiger partial charge in [0.1, 0.15) is 12.4 Å². The summed E-state index contributed by atoms with van der Waals surface area (Å²) in [4.78, 5) is 34.0. The summed E-state index contributed by atoms with van der Waals surface area (Å²) in [6.07, 6.45) is 4.58. The molecule has 11 heteroatoms. The Morgan fingerprint density at radius 2 is 1.87 bits per heavy atom. The number of piperazine rings is 2. The maximum absolute atomic E-state index is 12.6. The normalized spacial score (nSPS) is 21.5. The van der Waals surface area contributed by atoms with Crippen molar-refractivity contribution in [3.63, 3.8) is 0 Å². The summed E-state index contributed by atoms with van der Waals surface area (Å²) in [6, 6.07) is 14.8. The Morgan fingerprint density at radius 1 is 1.09 bits per heavy atom. The Kier molecular flexibility index (Phi) is 8.49. The van der Waals surface area contributed by atoms with E-state index in [4.69, 9.17) is 26.3 Å². The summed E-state index contributed by atoms with van der Waals surface area (Å²) in [5.41, 5.74) is 3.20. The summed E-state index contributed by atoms with van der Waals surface area (Å²) in [5.74, 6) is 0.713. The van der Waals surface area contributed by atoms with Crippen LogP contribution in [-0.4, -0.2) is 108 Å². The summed E-state index contributed by atoms with van der Waals surface area (Å²) < 4.78 is 6.52. The maximum Gasteiger partial charge on any atom is 0.318 e. The average molecular weight is 641 g/mol. The minimum absolute atomic E-state index is 0.0565. The second kappa shape index (κ2) is 12.7. The predicted octanol–water partition coefficient (Wildman–Crippen LogP) is 4.12. The molecule has 2 aromatic carbocycles.